The van der Waals surface area contributed by atoms with Crippen molar-refractivity contribution in [3.8, 4) is 10.6 Å². The van der Waals surface area contributed by atoms with Gasteiger partial charge < -0.3 is 0 Å². The minimum atomic E-state index is -0.538. The lowest BCUT2D eigenvalue weighted by molar-refractivity contribution is 0.0984. The monoisotopic (exact) mass is 341 g/mol. The molecule has 0 aliphatic rings. The molecule has 0 fully saturated rings. The van der Waals surface area contributed by atoms with E-state index in [1.54, 1.807) is 12.1 Å². The molecule has 1 heterocycles. The van der Waals surface area contributed by atoms with Crippen LogP contribution in [0.15, 0.2) is 48.5 Å². The lowest BCUT2D eigenvalue weighted by Gasteiger charge is -2.17. The van der Waals surface area contributed by atoms with Gasteiger partial charge in [0.15, 0.2) is 0 Å². The molecule has 4 nitrogen and oxygen atoms in total. The molecule has 1 aromatic heterocycles. The van der Waals surface area contributed by atoms with Gasteiger partial charge in [-0.15, -0.1) is 10.2 Å². The third-order valence-corrected chi connectivity index (χ3v) is 4.60. The van der Waals surface area contributed by atoms with E-state index in [4.69, 9.17) is 0 Å². The van der Waals surface area contributed by atoms with Crippen molar-refractivity contribution in [1.29, 1.82) is 0 Å². The number of hydrogen-bond donors (Lipinski definition) is 0. The van der Waals surface area contributed by atoms with Crippen LogP contribution in [-0.2, 0) is 0 Å². The highest BCUT2D eigenvalue weighted by Crippen LogP contribution is 2.29. The van der Waals surface area contributed by atoms with Gasteiger partial charge in [-0.25, -0.2) is 4.39 Å². The third kappa shape index (κ3) is 3.19. The number of amides is 1. The highest BCUT2D eigenvalue weighted by Gasteiger charge is 2.22. The van der Waals surface area contributed by atoms with Crippen LogP contribution in [0.25, 0.3) is 10.6 Å². The topological polar surface area (TPSA) is 46.1 Å². The molecule has 0 bridgehead atoms. The van der Waals surface area contributed by atoms with E-state index in [2.05, 4.69) is 10.2 Å². The van der Waals surface area contributed by atoms with Crippen LogP contribution in [0.4, 0.5) is 9.52 Å². The maximum Gasteiger partial charge on any atom is 0.263 e. The zero-order valence-electron chi connectivity index (χ0n) is 13.4. The quantitative estimate of drug-likeness (QED) is 0.710. The minimum absolute atomic E-state index is 0.0337. The summed E-state index contributed by atoms with van der Waals surface area (Å²) in [7, 11) is 0. The van der Waals surface area contributed by atoms with Crippen LogP contribution >= 0.6 is 11.3 Å². The van der Waals surface area contributed by atoms with Gasteiger partial charge in [0.05, 0.1) is 5.56 Å². The normalized spacial score (nSPS) is 10.6. The van der Waals surface area contributed by atoms with E-state index in [0.29, 0.717) is 11.7 Å². The Bertz CT molecular complexity index is 861. The van der Waals surface area contributed by atoms with E-state index in [9.17, 15) is 9.18 Å². The second-order valence-electron chi connectivity index (χ2n) is 5.29. The van der Waals surface area contributed by atoms with Crippen molar-refractivity contribution in [2.24, 2.45) is 0 Å². The number of nitrogens with zero attached hydrogens (tertiary/aromatic N) is 3. The van der Waals surface area contributed by atoms with E-state index in [-0.39, 0.29) is 5.56 Å². The van der Waals surface area contributed by atoms with Gasteiger partial charge in [-0.2, -0.15) is 0 Å². The number of hydrogen-bond acceptors (Lipinski definition) is 4. The molecule has 0 aliphatic heterocycles. The fourth-order valence-corrected chi connectivity index (χ4v) is 3.20. The SMILES string of the molecule is CCN(C(=O)c1ccccc1F)c1nnc(-c2ccc(C)cc2)s1. The molecule has 3 rings (SSSR count). The molecule has 0 N–H and O–H groups in total. The van der Waals surface area contributed by atoms with Gasteiger partial charge >= 0.3 is 0 Å². The largest absolute Gasteiger partial charge is 0.283 e. The van der Waals surface area contributed by atoms with Gasteiger partial charge in [0, 0.05) is 12.1 Å². The highest BCUT2D eigenvalue weighted by molar-refractivity contribution is 7.18. The van der Waals surface area contributed by atoms with Crippen molar-refractivity contribution in [2.75, 3.05) is 11.4 Å². The number of benzene rings is 2. The molecule has 0 atom stereocenters. The zero-order chi connectivity index (χ0) is 17.1. The number of anilines is 1. The molecule has 6 heteroatoms. The summed E-state index contributed by atoms with van der Waals surface area (Å²) in [4.78, 5) is 14.1. The molecule has 0 unspecified atom stereocenters. The number of carbonyl (C=O) groups excluding carboxylic acids is 1. The molecule has 24 heavy (non-hydrogen) atoms. The van der Waals surface area contributed by atoms with Gasteiger partial charge in [-0.1, -0.05) is 53.3 Å². The molecule has 0 spiro atoms. The number of aryl methyl sites for hydroxylation is 1. The number of halogens is 1. The first-order chi connectivity index (χ1) is 11.6. The smallest absolute Gasteiger partial charge is 0.263 e. The Morgan fingerprint density at radius 2 is 1.83 bits per heavy atom. The fourth-order valence-electron chi connectivity index (χ4n) is 2.28. The summed E-state index contributed by atoms with van der Waals surface area (Å²) in [6.45, 7) is 4.22. The van der Waals surface area contributed by atoms with Crippen LogP contribution in [0.3, 0.4) is 0 Å². The Morgan fingerprint density at radius 3 is 2.50 bits per heavy atom. The van der Waals surface area contributed by atoms with Gasteiger partial charge in [0.25, 0.3) is 5.91 Å². The first kappa shape index (κ1) is 16.3. The Labute approximate surface area is 143 Å². The van der Waals surface area contributed by atoms with Crippen LogP contribution < -0.4 is 4.90 Å². The predicted molar refractivity (Wildman–Crippen MR) is 93.8 cm³/mol. The summed E-state index contributed by atoms with van der Waals surface area (Å²) in [5, 5.41) is 9.46. The summed E-state index contributed by atoms with van der Waals surface area (Å²) in [5.41, 5.74) is 2.14. The second-order valence-corrected chi connectivity index (χ2v) is 6.24. The van der Waals surface area contributed by atoms with Crippen molar-refractivity contribution in [3.05, 3.63) is 65.5 Å². The van der Waals surface area contributed by atoms with Crippen LogP contribution in [0, 0.1) is 12.7 Å². The average Bonchev–Trinajstić information content (AvgIpc) is 3.06. The van der Waals surface area contributed by atoms with Crippen LogP contribution in [0.2, 0.25) is 0 Å². The molecule has 0 radical (unpaired) electrons. The van der Waals surface area contributed by atoms with Crippen LogP contribution in [0.5, 0.6) is 0 Å². The van der Waals surface area contributed by atoms with E-state index < -0.39 is 11.7 Å². The second kappa shape index (κ2) is 6.88. The Balaban J connectivity index is 1.91. The van der Waals surface area contributed by atoms with E-state index >= 15 is 0 Å². The highest BCUT2D eigenvalue weighted by atomic mass is 32.1. The average molecular weight is 341 g/mol. The van der Waals surface area contributed by atoms with Crippen molar-refractivity contribution in [2.45, 2.75) is 13.8 Å². The van der Waals surface area contributed by atoms with Gasteiger partial charge in [-0.05, 0) is 26.0 Å². The zero-order valence-corrected chi connectivity index (χ0v) is 14.2. The van der Waals surface area contributed by atoms with Gasteiger partial charge in [0.1, 0.15) is 10.8 Å². The summed E-state index contributed by atoms with van der Waals surface area (Å²) >= 11 is 1.31. The number of aromatic nitrogens is 2. The maximum absolute atomic E-state index is 13.9. The van der Waals surface area contributed by atoms with E-state index in [1.807, 2.05) is 38.1 Å². The molecule has 0 saturated carbocycles. The summed E-state index contributed by atoms with van der Waals surface area (Å²) in [6.07, 6.45) is 0. The first-order valence-corrected chi connectivity index (χ1v) is 8.38. The van der Waals surface area contributed by atoms with Crippen molar-refractivity contribution >= 4 is 22.4 Å². The molecule has 0 saturated heterocycles. The summed E-state index contributed by atoms with van der Waals surface area (Å²) in [6, 6.07) is 13.9. The van der Waals surface area contributed by atoms with Gasteiger partial charge in [0.2, 0.25) is 5.13 Å². The summed E-state index contributed by atoms with van der Waals surface area (Å²) < 4.78 is 13.9. The van der Waals surface area contributed by atoms with E-state index in [1.165, 1.54) is 28.4 Å². The molecule has 122 valence electrons. The lowest BCUT2D eigenvalue weighted by Crippen LogP contribution is -2.31. The first-order valence-electron chi connectivity index (χ1n) is 7.57. The molecular weight excluding hydrogens is 325 g/mol. The van der Waals surface area contributed by atoms with Crippen LogP contribution in [0.1, 0.15) is 22.8 Å². The lowest BCUT2D eigenvalue weighted by atomic mass is 10.2. The van der Waals surface area contributed by atoms with Crippen molar-refractivity contribution in [1.82, 2.24) is 10.2 Å². The fraction of sp³-hybridized carbons (Fsp3) is 0.167. The Kier molecular flexibility index (Phi) is 4.66. The van der Waals surface area contributed by atoms with Crippen molar-refractivity contribution in [3.63, 3.8) is 0 Å². The van der Waals surface area contributed by atoms with Gasteiger partial charge in [-0.3, -0.25) is 9.69 Å². The maximum atomic E-state index is 13.9. The van der Waals surface area contributed by atoms with E-state index in [0.717, 1.165) is 16.1 Å². The molecule has 2 aromatic carbocycles. The summed E-state index contributed by atoms with van der Waals surface area (Å²) in [5.74, 6) is -0.952. The molecular formula is C18H16FN3OS. The molecule has 0 aliphatic carbocycles. The third-order valence-electron chi connectivity index (χ3n) is 3.61. The number of rotatable bonds is 4. The standard InChI is InChI=1S/C18H16FN3OS/c1-3-22(17(23)14-6-4-5-7-15(14)19)18-21-20-16(24-18)13-10-8-12(2)9-11-13/h4-11H,3H2,1-2H3. The number of carbonyl (C=O) groups is 1. The Hall–Kier alpha value is -2.60. The Morgan fingerprint density at radius 1 is 1.12 bits per heavy atom. The molecule has 3 aromatic rings. The van der Waals surface area contributed by atoms with Crippen molar-refractivity contribution < 1.29 is 9.18 Å². The molecule has 1 amide bonds. The van der Waals surface area contributed by atoms with Crippen LogP contribution in [-0.4, -0.2) is 22.6 Å². The predicted octanol–water partition coefficient (Wildman–Crippen LogP) is 4.32. The minimum Gasteiger partial charge on any atom is -0.283 e.